The minimum atomic E-state index is -4.85. The van der Waals surface area contributed by atoms with E-state index in [1.807, 2.05) is 0 Å². The first-order valence-electron chi connectivity index (χ1n) is 4.83. The molecule has 100 valence electrons. The first kappa shape index (κ1) is 14.2. The molecule has 1 aromatic heterocycles. The Hall–Kier alpha value is -1.83. The lowest BCUT2D eigenvalue weighted by molar-refractivity contribution is -0.276. The second-order valence-electron chi connectivity index (χ2n) is 3.34. The van der Waals surface area contributed by atoms with Gasteiger partial charge in [0.05, 0.1) is 18.4 Å². The van der Waals surface area contributed by atoms with E-state index in [-0.39, 0.29) is 23.4 Å². The Morgan fingerprint density at radius 1 is 1.50 bits per heavy atom. The molecule has 0 radical (unpaired) electrons. The van der Waals surface area contributed by atoms with E-state index < -0.39 is 18.2 Å². The van der Waals surface area contributed by atoms with Crippen LogP contribution in [0.3, 0.4) is 0 Å². The molecular formula is C10H11F3N2O3. The number of nitrogens with two attached hydrogens (primary N) is 1. The summed E-state index contributed by atoms with van der Waals surface area (Å²) in [5.74, 6) is -1.37. The van der Waals surface area contributed by atoms with E-state index in [1.54, 1.807) is 0 Å². The number of alkyl halides is 3. The number of rotatable bonds is 3. The van der Waals surface area contributed by atoms with Crippen molar-refractivity contribution in [3.8, 4) is 5.88 Å². The Bertz CT molecular complexity index is 460. The SMILES string of the molecule is COC(=O)c1c(C)cc(OC(F)(F)F)nc1CN. The lowest BCUT2D eigenvalue weighted by atomic mass is 10.1. The number of methoxy groups -OCH3 is 1. The highest BCUT2D eigenvalue weighted by atomic mass is 19.4. The number of halogens is 3. The summed E-state index contributed by atoms with van der Waals surface area (Å²) in [5, 5.41) is 0. The van der Waals surface area contributed by atoms with Crippen LogP contribution < -0.4 is 10.5 Å². The highest BCUT2D eigenvalue weighted by Crippen LogP contribution is 2.24. The Kier molecular flexibility index (Phi) is 4.12. The summed E-state index contributed by atoms with van der Waals surface area (Å²) in [7, 11) is 1.15. The van der Waals surface area contributed by atoms with E-state index in [2.05, 4.69) is 14.5 Å². The molecule has 0 bridgehead atoms. The molecule has 18 heavy (non-hydrogen) atoms. The van der Waals surface area contributed by atoms with Crippen LogP contribution in [0.25, 0.3) is 0 Å². The highest BCUT2D eigenvalue weighted by molar-refractivity contribution is 5.92. The second-order valence-corrected chi connectivity index (χ2v) is 3.34. The predicted octanol–water partition coefficient (Wildman–Crippen LogP) is 1.53. The summed E-state index contributed by atoms with van der Waals surface area (Å²) >= 11 is 0. The molecule has 0 saturated carbocycles. The van der Waals surface area contributed by atoms with Crippen molar-refractivity contribution in [1.29, 1.82) is 0 Å². The van der Waals surface area contributed by atoms with Gasteiger partial charge in [0.15, 0.2) is 0 Å². The van der Waals surface area contributed by atoms with Crippen molar-refractivity contribution in [3.63, 3.8) is 0 Å². The number of carbonyl (C=O) groups is 1. The van der Waals surface area contributed by atoms with Crippen molar-refractivity contribution in [2.45, 2.75) is 19.8 Å². The van der Waals surface area contributed by atoms with Gasteiger partial charge >= 0.3 is 12.3 Å². The van der Waals surface area contributed by atoms with Gasteiger partial charge in [-0.15, -0.1) is 13.2 Å². The maximum atomic E-state index is 12.0. The Balaban J connectivity index is 3.23. The zero-order chi connectivity index (χ0) is 13.9. The van der Waals surface area contributed by atoms with Crippen LogP contribution in [-0.2, 0) is 11.3 Å². The van der Waals surface area contributed by atoms with Gasteiger partial charge in [0.1, 0.15) is 0 Å². The topological polar surface area (TPSA) is 74.4 Å². The quantitative estimate of drug-likeness (QED) is 0.838. The van der Waals surface area contributed by atoms with Crippen molar-refractivity contribution in [2.75, 3.05) is 7.11 Å². The van der Waals surface area contributed by atoms with Gasteiger partial charge in [-0.2, -0.15) is 0 Å². The summed E-state index contributed by atoms with van der Waals surface area (Å²) in [6, 6.07) is 0.999. The fraction of sp³-hybridized carbons (Fsp3) is 0.400. The van der Waals surface area contributed by atoms with Crippen molar-refractivity contribution in [1.82, 2.24) is 4.98 Å². The molecule has 0 aliphatic carbocycles. The standard InChI is InChI=1S/C10H11F3N2O3/c1-5-3-7(18-10(11,12)13)15-6(4-14)8(5)9(16)17-2/h3H,4,14H2,1-2H3. The van der Waals surface area contributed by atoms with E-state index in [1.165, 1.54) is 6.92 Å². The summed E-state index contributed by atoms with van der Waals surface area (Å²) in [6.45, 7) is 1.23. The van der Waals surface area contributed by atoms with Crippen LogP contribution in [0.2, 0.25) is 0 Å². The van der Waals surface area contributed by atoms with E-state index in [4.69, 9.17) is 5.73 Å². The minimum absolute atomic E-state index is 0.0129. The van der Waals surface area contributed by atoms with E-state index in [9.17, 15) is 18.0 Å². The minimum Gasteiger partial charge on any atom is -0.465 e. The normalized spacial score (nSPS) is 11.2. The fourth-order valence-corrected chi connectivity index (χ4v) is 1.41. The summed E-state index contributed by atoms with van der Waals surface area (Å²) < 4.78 is 44.3. The van der Waals surface area contributed by atoms with Gasteiger partial charge in [0.25, 0.3) is 0 Å². The molecule has 1 aromatic rings. The number of aryl methyl sites for hydroxylation is 1. The molecule has 0 atom stereocenters. The average Bonchev–Trinajstić information content (AvgIpc) is 2.24. The molecular weight excluding hydrogens is 253 g/mol. The Morgan fingerprint density at radius 2 is 2.11 bits per heavy atom. The molecule has 0 aromatic carbocycles. The van der Waals surface area contributed by atoms with Gasteiger partial charge in [-0.25, -0.2) is 9.78 Å². The van der Waals surface area contributed by atoms with Gasteiger partial charge in [-0.1, -0.05) is 0 Å². The summed E-state index contributed by atoms with van der Waals surface area (Å²) in [5.41, 5.74) is 5.62. The molecule has 5 nitrogen and oxygen atoms in total. The molecule has 0 aliphatic heterocycles. The summed E-state index contributed by atoms with van der Waals surface area (Å²) in [4.78, 5) is 15.0. The van der Waals surface area contributed by atoms with Crippen LogP contribution in [0.1, 0.15) is 21.6 Å². The molecule has 0 fully saturated rings. The van der Waals surface area contributed by atoms with Gasteiger partial charge < -0.3 is 15.2 Å². The molecule has 2 N–H and O–H groups in total. The number of ether oxygens (including phenoxy) is 2. The Morgan fingerprint density at radius 3 is 2.56 bits per heavy atom. The van der Waals surface area contributed by atoms with Gasteiger partial charge in [0.2, 0.25) is 5.88 Å². The monoisotopic (exact) mass is 264 g/mol. The van der Waals surface area contributed by atoms with Crippen molar-refractivity contribution in [3.05, 3.63) is 22.9 Å². The van der Waals surface area contributed by atoms with Crippen molar-refractivity contribution in [2.24, 2.45) is 5.73 Å². The van der Waals surface area contributed by atoms with Gasteiger partial charge in [0, 0.05) is 12.6 Å². The van der Waals surface area contributed by atoms with Crippen LogP contribution >= 0.6 is 0 Å². The molecule has 0 saturated heterocycles. The van der Waals surface area contributed by atoms with E-state index >= 15 is 0 Å². The van der Waals surface area contributed by atoms with E-state index in [0.717, 1.165) is 13.2 Å². The molecule has 0 unspecified atom stereocenters. The number of esters is 1. The number of pyridine rings is 1. The number of nitrogens with zero attached hydrogens (tertiary/aromatic N) is 1. The average molecular weight is 264 g/mol. The number of hydrogen-bond donors (Lipinski definition) is 1. The zero-order valence-corrected chi connectivity index (χ0v) is 9.67. The molecule has 1 heterocycles. The largest absolute Gasteiger partial charge is 0.574 e. The third-order valence-corrected chi connectivity index (χ3v) is 2.07. The smallest absolute Gasteiger partial charge is 0.465 e. The van der Waals surface area contributed by atoms with E-state index in [0.29, 0.717) is 0 Å². The highest BCUT2D eigenvalue weighted by Gasteiger charge is 2.32. The molecule has 8 heteroatoms. The van der Waals surface area contributed by atoms with Crippen LogP contribution in [-0.4, -0.2) is 24.4 Å². The summed E-state index contributed by atoms with van der Waals surface area (Å²) in [6.07, 6.45) is -4.85. The lowest BCUT2D eigenvalue weighted by Crippen LogP contribution is -2.20. The van der Waals surface area contributed by atoms with Crippen LogP contribution in [0.15, 0.2) is 6.07 Å². The predicted molar refractivity (Wildman–Crippen MR) is 54.9 cm³/mol. The third-order valence-electron chi connectivity index (χ3n) is 2.07. The Labute approximate surface area is 101 Å². The van der Waals surface area contributed by atoms with Crippen LogP contribution in [0.4, 0.5) is 13.2 Å². The molecule has 0 spiro atoms. The number of hydrogen-bond acceptors (Lipinski definition) is 5. The van der Waals surface area contributed by atoms with Crippen LogP contribution in [0.5, 0.6) is 5.88 Å². The maximum absolute atomic E-state index is 12.0. The third kappa shape index (κ3) is 3.33. The maximum Gasteiger partial charge on any atom is 0.574 e. The van der Waals surface area contributed by atoms with Crippen molar-refractivity contribution < 1.29 is 27.4 Å². The zero-order valence-electron chi connectivity index (χ0n) is 9.67. The first-order chi connectivity index (χ1) is 8.28. The van der Waals surface area contributed by atoms with Crippen molar-refractivity contribution >= 4 is 5.97 Å². The lowest BCUT2D eigenvalue weighted by Gasteiger charge is -2.13. The van der Waals surface area contributed by atoms with Gasteiger partial charge in [-0.05, 0) is 12.5 Å². The van der Waals surface area contributed by atoms with Crippen LogP contribution in [0, 0.1) is 6.92 Å². The molecule has 0 amide bonds. The number of aromatic nitrogens is 1. The van der Waals surface area contributed by atoms with Gasteiger partial charge in [-0.3, -0.25) is 0 Å². The fourth-order valence-electron chi connectivity index (χ4n) is 1.41. The number of carbonyl (C=O) groups excluding carboxylic acids is 1. The molecule has 1 rings (SSSR count). The second kappa shape index (κ2) is 5.21. The molecule has 0 aliphatic rings. The first-order valence-corrected chi connectivity index (χ1v) is 4.83.